The molecule has 1 aromatic heterocycles. The molecule has 2 N–H and O–H groups in total. The number of nitrogen functional groups attached to an aromatic ring is 1. The Hall–Kier alpha value is -0.550. The van der Waals surface area contributed by atoms with Crippen LogP contribution in [0.15, 0.2) is 16.6 Å². The van der Waals surface area contributed by atoms with Crippen LogP contribution in [0.3, 0.4) is 0 Å². The Morgan fingerprint density at radius 1 is 1.35 bits per heavy atom. The van der Waals surface area contributed by atoms with Crippen LogP contribution in [0.2, 0.25) is 10.0 Å². The number of aromatic nitrogens is 1. The van der Waals surface area contributed by atoms with E-state index in [2.05, 4.69) is 20.9 Å². The van der Waals surface area contributed by atoms with E-state index in [1.165, 1.54) is 0 Å². The molecule has 0 unspecified atom stereocenters. The number of hydrogen-bond acceptors (Lipinski definition) is 3. The first kappa shape index (κ1) is 12.9. The molecule has 1 aromatic carbocycles. The number of halogens is 3. The Morgan fingerprint density at radius 3 is 2.71 bits per heavy atom. The fourth-order valence-corrected chi connectivity index (χ4v) is 2.50. The van der Waals surface area contributed by atoms with Gasteiger partial charge in [0.2, 0.25) is 0 Å². The molecule has 0 bridgehead atoms. The van der Waals surface area contributed by atoms with Gasteiger partial charge in [-0.05, 0) is 28.1 Å². The molecule has 0 aliphatic rings. The second kappa shape index (κ2) is 4.98. The zero-order valence-corrected chi connectivity index (χ0v) is 12.0. The van der Waals surface area contributed by atoms with Crippen molar-refractivity contribution in [3.63, 3.8) is 0 Å². The molecular weight excluding hydrogens is 327 g/mol. The van der Waals surface area contributed by atoms with Gasteiger partial charge >= 0.3 is 0 Å². The Morgan fingerprint density at radius 2 is 2.06 bits per heavy atom. The normalized spacial score (nSPS) is 11.1. The SMILES string of the molecule is COCc1cc(N)c2cc(Br)c(Cl)c(Cl)c2n1. The minimum atomic E-state index is 0.379. The minimum absolute atomic E-state index is 0.379. The molecule has 1 heterocycles. The first-order valence-electron chi connectivity index (χ1n) is 4.76. The Bertz CT molecular complexity index is 589. The van der Waals surface area contributed by atoms with E-state index in [0.717, 1.165) is 11.1 Å². The van der Waals surface area contributed by atoms with Gasteiger partial charge < -0.3 is 10.5 Å². The molecule has 90 valence electrons. The van der Waals surface area contributed by atoms with Crippen LogP contribution < -0.4 is 5.73 Å². The minimum Gasteiger partial charge on any atom is -0.398 e. The molecule has 0 atom stereocenters. The lowest BCUT2D eigenvalue weighted by molar-refractivity contribution is 0.182. The fourth-order valence-electron chi connectivity index (χ4n) is 1.57. The Kier molecular flexibility index (Phi) is 3.78. The maximum absolute atomic E-state index is 6.15. The predicted octanol–water partition coefficient (Wildman–Crippen LogP) is 4.03. The number of anilines is 1. The van der Waals surface area contributed by atoms with E-state index in [1.54, 1.807) is 13.2 Å². The number of rotatable bonds is 2. The van der Waals surface area contributed by atoms with Gasteiger partial charge in [-0.25, -0.2) is 4.98 Å². The summed E-state index contributed by atoms with van der Waals surface area (Å²) in [6, 6.07) is 3.57. The number of nitrogens with zero attached hydrogens (tertiary/aromatic N) is 1. The van der Waals surface area contributed by atoms with Crippen molar-refractivity contribution in [1.29, 1.82) is 0 Å². The maximum Gasteiger partial charge on any atom is 0.0929 e. The summed E-state index contributed by atoms with van der Waals surface area (Å²) in [5, 5.41) is 1.59. The first-order valence-corrected chi connectivity index (χ1v) is 6.31. The van der Waals surface area contributed by atoms with Crippen LogP contribution in [0, 0.1) is 0 Å². The van der Waals surface area contributed by atoms with E-state index in [0.29, 0.717) is 32.3 Å². The zero-order valence-electron chi connectivity index (χ0n) is 8.93. The Balaban J connectivity index is 2.78. The molecule has 0 radical (unpaired) electrons. The lowest BCUT2D eigenvalue weighted by Gasteiger charge is -2.09. The van der Waals surface area contributed by atoms with Crippen LogP contribution in [0.25, 0.3) is 10.9 Å². The van der Waals surface area contributed by atoms with Crippen molar-refractivity contribution < 1.29 is 4.74 Å². The van der Waals surface area contributed by atoms with Crippen molar-refractivity contribution in [2.45, 2.75) is 6.61 Å². The molecular formula is C11H9BrCl2N2O. The van der Waals surface area contributed by atoms with E-state index in [4.69, 9.17) is 33.7 Å². The quantitative estimate of drug-likeness (QED) is 0.843. The van der Waals surface area contributed by atoms with Gasteiger partial charge in [-0.15, -0.1) is 0 Å². The largest absolute Gasteiger partial charge is 0.398 e. The van der Waals surface area contributed by atoms with Crippen LogP contribution >= 0.6 is 39.1 Å². The third-order valence-corrected chi connectivity index (χ3v) is 4.03. The summed E-state index contributed by atoms with van der Waals surface area (Å²) in [5.74, 6) is 0. The van der Waals surface area contributed by atoms with Gasteiger partial charge in [-0.2, -0.15) is 0 Å². The third kappa shape index (κ3) is 2.36. The van der Waals surface area contributed by atoms with Gasteiger partial charge in [0, 0.05) is 22.7 Å². The van der Waals surface area contributed by atoms with Crippen LogP contribution in [0.5, 0.6) is 0 Å². The summed E-state index contributed by atoms with van der Waals surface area (Å²) in [7, 11) is 1.60. The molecule has 2 aromatic rings. The van der Waals surface area contributed by atoms with Crippen LogP contribution in [-0.4, -0.2) is 12.1 Å². The molecule has 0 fully saturated rings. The van der Waals surface area contributed by atoms with Gasteiger partial charge in [0.25, 0.3) is 0 Å². The number of fused-ring (bicyclic) bond motifs is 1. The third-order valence-electron chi connectivity index (χ3n) is 2.32. The summed E-state index contributed by atoms with van der Waals surface area (Å²) in [6.07, 6.45) is 0. The molecule has 0 amide bonds. The second-order valence-corrected chi connectivity index (χ2v) is 5.13. The van der Waals surface area contributed by atoms with Crippen molar-refractivity contribution >= 4 is 55.7 Å². The van der Waals surface area contributed by atoms with Gasteiger partial charge in [0.15, 0.2) is 0 Å². The van der Waals surface area contributed by atoms with E-state index in [1.807, 2.05) is 6.07 Å². The van der Waals surface area contributed by atoms with Gasteiger partial charge in [-0.3, -0.25) is 0 Å². The lowest BCUT2D eigenvalue weighted by atomic mass is 10.1. The topological polar surface area (TPSA) is 48.1 Å². The monoisotopic (exact) mass is 334 g/mol. The summed E-state index contributed by atoms with van der Waals surface area (Å²) < 4.78 is 5.72. The summed E-state index contributed by atoms with van der Waals surface area (Å²) in [5.41, 5.74) is 7.87. The molecule has 6 heteroatoms. The number of hydrogen-bond donors (Lipinski definition) is 1. The van der Waals surface area contributed by atoms with Crippen molar-refractivity contribution in [3.05, 3.63) is 32.3 Å². The molecule has 0 aliphatic carbocycles. The number of nitrogens with two attached hydrogens (primary N) is 1. The van der Waals surface area contributed by atoms with E-state index in [-0.39, 0.29) is 0 Å². The van der Waals surface area contributed by atoms with Crippen molar-refractivity contribution in [2.75, 3.05) is 12.8 Å². The van der Waals surface area contributed by atoms with Gasteiger partial charge in [0.05, 0.1) is 27.9 Å². The van der Waals surface area contributed by atoms with Crippen molar-refractivity contribution in [2.24, 2.45) is 0 Å². The van der Waals surface area contributed by atoms with Gasteiger partial charge in [-0.1, -0.05) is 23.2 Å². The maximum atomic E-state index is 6.15. The molecule has 3 nitrogen and oxygen atoms in total. The summed E-state index contributed by atoms with van der Waals surface area (Å²) in [4.78, 5) is 4.39. The van der Waals surface area contributed by atoms with Crippen LogP contribution in [0.1, 0.15) is 5.69 Å². The highest BCUT2D eigenvalue weighted by Gasteiger charge is 2.13. The lowest BCUT2D eigenvalue weighted by Crippen LogP contribution is -1.98. The zero-order chi connectivity index (χ0) is 12.6. The van der Waals surface area contributed by atoms with Crippen LogP contribution in [0.4, 0.5) is 5.69 Å². The average Bonchev–Trinajstić information content (AvgIpc) is 2.29. The molecule has 2 rings (SSSR count). The highest BCUT2D eigenvalue weighted by atomic mass is 79.9. The average molecular weight is 336 g/mol. The van der Waals surface area contributed by atoms with E-state index >= 15 is 0 Å². The molecule has 0 saturated carbocycles. The standard InChI is InChI=1S/C11H9BrCl2N2O/c1-17-4-5-2-8(15)6-3-7(12)9(13)10(14)11(6)16-5/h2-3H,4H2,1H3,(H2,15,16). The highest BCUT2D eigenvalue weighted by molar-refractivity contribution is 9.10. The smallest absolute Gasteiger partial charge is 0.0929 e. The number of ether oxygens (including phenoxy) is 1. The van der Waals surface area contributed by atoms with Gasteiger partial charge in [0.1, 0.15) is 0 Å². The molecule has 0 spiro atoms. The van der Waals surface area contributed by atoms with Crippen molar-refractivity contribution in [1.82, 2.24) is 4.98 Å². The number of benzene rings is 1. The number of pyridine rings is 1. The Labute approximate surface area is 117 Å². The summed E-state index contributed by atoms with van der Waals surface area (Å²) in [6.45, 7) is 0.379. The van der Waals surface area contributed by atoms with Crippen LogP contribution in [-0.2, 0) is 11.3 Å². The highest BCUT2D eigenvalue weighted by Crippen LogP contribution is 2.38. The summed E-state index contributed by atoms with van der Waals surface area (Å²) >= 11 is 15.5. The molecule has 0 saturated heterocycles. The first-order chi connectivity index (χ1) is 8.04. The van der Waals surface area contributed by atoms with E-state index < -0.39 is 0 Å². The predicted molar refractivity (Wildman–Crippen MR) is 74.6 cm³/mol. The number of methoxy groups -OCH3 is 1. The van der Waals surface area contributed by atoms with Crippen molar-refractivity contribution in [3.8, 4) is 0 Å². The second-order valence-electron chi connectivity index (χ2n) is 3.52. The van der Waals surface area contributed by atoms with E-state index in [9.17, 15) is 0 Å². The molecule has 17 heavy (non-hydrogen) atoms. The fraction of sp³-hybridized carbons (Fsp3) is 0.182. The molecule has 0 aliphatic heterocycles.